The van der Waals surface area contributed by atoms with Crippen LogP contribution in [0.25, 0.3) is 0 Å². The van der Waals surface area contributed by atoms with Crippen molar-refractivity contribution in [3.05, 3.63) is 0 Å². The van der Waals surface area contributed by atoms with Gasteiger partial charge in [-0.05, 0) is 97.7 Å². The van der Waals surface area contributed by atoms with Crippen molar-refractivity contribution in [2.75, 3.05) is 0 Å². The van der Waals surface area contributed by atoms with E-state index in [-0.39, 0.29) is 17.5 Å². The van der Waals surface area contributed by atoms with Crippen molar-refractivity contribution in [1.82, 2.24) is 0 Å². The summed E-state index contributed by atoms with van der Waals surface area (Å²) in [5, 5.41) is 0. The Labute approximate surface area is 171 Å². The quantitative estimate of drug-likeness (QED) is 0.562. The molecule has 0 aromatic rings. The minimum absolute atomic E-state index is 0.124. The topological polar surface area (TPSA) is 26.3 Å². The predicted octanol–water partition coefficient (Wildman–Crippen LogP) is 5.94. The number of fused-ring (bicyclic) bond motifs is 3. The highest BCUT2D eigenvalue weighted by Crippen LogP contribution is 2.85. The fraction of sp³-hybridized carbons (Fsp3) is 0.962. The Morgan fingerprint density at radius 2 is 1.75 bits per heavy atom. The second-order valence-electron chi connectivity index (χ2n) is 13.5. The van der Waals surface area contributed by atoms with Crippen LogP contribution in [0.5, 0.6) is 0 Å². The van der Waals surface area contributed by atoms with Gasteiger partial charge in [-0.2, -0.15) is 0 Å². The van der Waals surface area contributed by atoms with Gasteiger partial charge in [-0.3, -0.25) is 4.79 Å². The highest BCUT2D eigenvalue weighted by atomic mass is 16.6. The fourth-order valence-corrected chi connectivity index (χ4v) is 10.9. The molecular formula is C26H40O2. The average Bonchev–Trinajstić information content (AvgIpc) is 3.30. The minimum atomic E-state index is -0.124. The van der Waals surface area contributed by atoms with Gasteiger partial charge in [-0.25, -0.2) is 0 Å². The van der Waals surface area contributed by atoms with Gasteiger partial charge in [0.25, 0.3) is 0 Å². The van der Waals surface area contributed by atoms with Gasteiger partial charge in [0.1, 0.15) is 5.60 Å². The third-order valence-corrected chi connectivity index (χ3v) is 11.2. The van der Waals surface area contributed by atoms with Crippen LogP contribution in [0.2, 0.25) is 0 Å². The van der Waals surface area contributed by atoms with Gasteiger partial charge in [-0.15, -0.1) is 0 Å². The first-order valence-electron chi connectivity index (χ1n) is 12.3. The van der Waals surface area contributed by atoms with Gasteiger partial charge < -0.3 is 4.74 Å². The molecule has 6 saturated carbocycles. The van der Waals surface area contributed by atoms with Gasteiger partial charge in [0, 0.05) is 11.8 Å². The molecule has 0 N–H and O–H groups in total. The number of esters is 1. The number of hydrogen-bond acceptors (Lipinski definition) is 2. The molecule has 0 aliphatic heterocycles. The van der Waals surface area contributed by atoms with Crippen molar-refractivity contribution in [2.24, 2.45) is 70.0 Å². The van der Waals surface area contributed by atoms with E-state index in [4.69, 9.17) is 4.74 Å². The predicted molar refractivity (Wildman–Crippen MR) is 110 cm³/mol. The van der Waals surface area contributed by atoms with Crippen LogP contribution in [-0.4, -0.2) is 11.6 Å². The molecule has 0 saturated heterocycles. The SMILES string of the molecule is CC(C)C1C2CC(CC2C(=O)OC2(C)C3CC4CC5CC2C53C4)C1C(C)(C)C. The molecule has 0 aromatic heterocycles. The Hall–Kier alpha value is -0.530. The first-order chi connectivity index (χ1) is 13.1. The number of rotatable bonds is 3. The van der Waals surface area contributed by atoms with Crippen LogP contribution < -0.4 is 0 Å². The summed E-state index contributed by atoms with van der Waals surface area (Å²) in [5.74, 6) is 7.08. The van der Waals surface area contributed by atoms with Crippen LogP contribution in [0.4, 0.5) is 0 Å². The van der Waals surface area contributed by atoms with Crippen molar-refractivity contribution >= 4 is 5.97 Å². The maximum atomic E-state index is 13.5. The van der Waals surface area contributed by atoms with Crippen molar-refractivity contribution < 1.29 is 9.53 Å². The molecule has 6 aliphatic carbocycles. The molecule has 156 valence electrons. The van der Waals surface area contributed by atoms with Crippen LogP contribution in [-0.2, 0) is 9.53 Å². The summed E-state index contributed by atoms with van der Waals surface area (Å²) < 4.78 is 6.53. The van der Waals surface area contributed by atoms with Gasteiger partial charge in [0.05, 0.1) is 5.92 Å². The Morgan fingerprint density at radius 1 is 1.04 bits per heavy atom. The number of ether oxygens (including phenoxy) is 1. The molecule has 6 aliphatic rings. The van der Waals surface area contributed by atoms with E-state index >= 15 is 0 Å². The van der Waals surface area contributed by atoms with E-state index in [1.165, 1.54) is 32.1 Å². The van der Waals surface area contributed by atoms with Gasteiger partial charge in [0.15, 0.2) is 0 Å². The summed E-state index contributed by atoms with van der Waals surface area (Å²) in [6.45, 7) is 14.3. The third kappa shape index (κ3) is 1.91. The summed E-state index contributed by atoms with van der Waals surface area (Å²) in [7, 11) is 0. The maximum absolute atomic E-state index is 13.5. The van der Waals surface area contributed by atoms with E-state index in [1.807, 2.05) is 0 Å². The summed E-state index contributed by atoms with van der Waals surface area (Å²) >= 11 is 0. The lowest BCUT2D eigenvalue weighted by Gasteiger charge is -2.74. The molecule has 11 unspecified atom stereocenters. The van der Waals surface area contributed by atoms with E-state index in [9.17, 15) is 4.79 Å². The number of carbonyl (C=O) groups is 1. The standard InChI is InChI=1S/C26H40O2/c1-13(2)21-17-9-15(22(21)24(3,4)5)10-18(17)23(27)28-25(6)19-8-14-7-16-11-20(25)26(16,19)12-14/h13-22H,7-12H2,1-6H3. The molecule has 4 bridgehead atoms. The lowest BCUT2D eigenvalue weighted by molar-refractivity contribution is -0.321. The minimum Gasteiger partial charge on any atom is -0.459 e. The van der Waals surface area contributed by atoms with E-state index in [1.54, 1.807) is 0 Å². The summed E-state index contributed by atoms with van der Waals surface area (Å²) in [4.78, 5) is 13.5. The number of hydrogen-bond donors (Lipinski definition) is 0. The molecule has 6 fully saturated rings. The van der Waals surface area contributed by atoms with Crippen molar-refractivity contribution in [3.63, 3.8) is 0 Å². The molecule has 28 heavy (non-hydrogen) atoms. The fourth-order valence-electron chi connectivity index (χ4n) is 10.9. The molecular weight excluding hydrogens is 344 g/mol. The molecule has 11 atom stereocenters. The Balaban J connectivity index is 1.20. The highest BCUT2D eigenvalue weighted by Gasteiger charge is 2.83. The average molecular weight is 385 g/mol. The van der Waals surface area contributed by atoms with Crippen LogP contribution in [0, 0.1) is 70.0 Å². The zero-order valence-corrected chi connectivity index (χ0v) is 18.8. The second-order valence-corrected chi connectivity index (χ2v) is 13.5. The summed E-state index contributed by atoms with van der Waals surface area (Å²) in [5.41, 5.74) is 0.840. The first-order valence-corrected chi connectivity index (χ1v) is 12.3. The van der Waals surface area contributed by atoms with E-state index < -0.39 is 0 Å². The van der Waals surface area contributed by atoms with E-state index in [0.717, 1.165) is 30.1 Å². The van der Waals surface area contributed by atoms with Crippen LogP contribution in [0.1, 0.15) is 80.1 Å². The Kier molecular flexibility index (Phi) is 3.39. The number of carbonyl (C=O) groups excluding carboxylic acids is 1. The third-order valence-electron chi connectivity index (χ3n) is 11.2. The molecule has 0 amide bonds. The lowest BCUT2D eigenvalue weighted by Crippen LogP contribution is -2.76. The normalized spacial score (nSPS) is 57.9. The first kappa shape index (κ1) is 18.3. The largest absolute Gasteiger partial charge is 0.459 e. The zero-order chi connectivity index (χ0) is 19.8. The zero-order valence-electron chi connectivity index (χ0n) is 18.8. The molecule has 0 heterocycles. The van der Waals surface area contributed by atoms with Gasteiger partial charge in [-0.1, -0.05) is 34.6 Å². The van der Waals surface area contributed by atoms with Crippen molar-refractivity contribution in [1.29, 1.82) is 0 Å². The van der Waals surface area contributed by atoms with E-state index in [0.29, 0.717) is 40.4 Å². The van der Waals surface area contributed by atoms with Crippen molar-refractivity contribution in [2.45, 2.75) is 85.7 Å². The van der Waals surface area contributed by atoms with Crippen molar-refractivity contribution in [3.8, 4) is 0 Å². The molecule has 2 heteroatoms. The molecule has 6 rings (SSSR count). The molecule has 1 spiro atoms. The molecule has 0 radical (unpaired) electrons. The monoisotopic (exact) mass is 384 g/mol. The van der Waals surface area contributed by atoms with Gasteiger partial charge in [0.2, 0.25) is 0 Å². The molecule has 0 aromatic carbocycles. The van der Waals surface area contributed by atoms with Gasteiger partial charge >= 0.3 is 5.97 Å². The van der Waals surface area contributed by atoms with Crippen LogP contribution in [0.15, 0.2) is 0 Å². The van der Waals surface area contributed by atoms with Crippen LogP contribution >= 0.6 is 0 Å². The smallest absolute Gasteiger partial charge is 0.309 e. The summed E-state index contributed by atoms with van der Waals surface area (Å²) in [6, 6.07) is 0. The Bertz CT molecular complexity index is 718. The lowest BCUT2D eigenvalue weighted by atomic mass is 9.32. The Morgan fingerprint density at radius 3 is 2.39 bits per heavy atom. The maximum Gasteiger partial charge on any atom is 0.309 e. The van der Waals surface area contributed by atoms with E-state index in [2.05, 4.69) is 41.5 Å². The highest BCUT2D eigenvalue weighted by molar-refractivity contribution is 5.74. The second kappa shape index (κ2) is 5.20. The van der Waals surface area contributed by atoms with Crippen LogP contribution in [0.3, 0.4) is 0 Å². The molecule has 2 nitrogen and oxygen atoms in total. The summed E-state index contributed by atoms with van der Waals surface area (Å²) in [6.07, 6.45) is 7.98.